The van der Waals surface area contributed by atoms with Gasteiger partial charge in [-0.05, 0) is 44.4 Å². The largest absolute Gasteiger partial charge is 0.465 e. The number of amides is 1. The Hall–Kier alpha value is -1.75. The molecule has 0 saturated carbocycles. The highest BCUT2D eigenvalue weighted by atomic mass is 32.2. The molecule has 1 N–H and O–H groups in total. The van der Waals surface area contributed by atoms with E-state index in [9.17, 15) is 15.2 Å². The van der Waals surface area contributed by atoms with Gasteiger partial charge in [0.1, 0.15) is 11.8 Å². The Morgan fingerprint density at radius 2 is 2.11 bits per heavy atom. The van der Waals surface area contributed by atoms with Gasteiger partial charge in [0.15, 0.2) is 6.29 Å². The SMILES string of the molecule is CC1(C)SC2C(C(O)c3ccc(OC4CCCCO4)cc3)C(=O)N2C1C#N. The highest BCUT2D eigenvalue weighted by Crippen LogP contribution is 2.55. The molecule has 1 amide bonds. The molecular weight excluding hydrogens is 364 g/mol. The average Bonchev–Trinajstić information content (AvgIpc) is 2.90. The first-order chi connectivity index (χ1) is 12.9. The molecule has 27 heavy (non-hydrogen) atoms. The summed E-state index contributed by atoms with van der Waals surface area (Å²) in [5.74, 6) is 0.0365. The monoisotopic (exact) mass is 388 g/mol. The summed E-state index contributed by atoms with van der Waals surface area (Å²) in [7, 11) is 0. The highest BCUT2D eigenvalue weighted by molar-refractivity contribution is 8.01. The van der Waals surface area contributed by atoms with Gasteiger partial charge in [-0.15, -0.1) is 11.8 Å². The van der Waals surface area contributed by atoms with Gasteiger partial charge < -0.3 is 19.5 Å². The molecule has 3 heterocycles. The third kappa shape index (κ3) is 3.20. The molecule has 6 nitrogen and oxygen atoms in total. The van der Waals surface area contributed by atoms with Crippen LogP contribution in [0.4, 0.5) is 0 Å². The minimum Gasteiger partial charge on any atom is -0.465 e. The van der Waals surface area contributed by atoms with Crippen molar-refractivity contribution >= 4 is 17.7 Å². The zero-order valence-electron chi connectivity index (χ0n) is 15.5. The Kier molecular flexibility index (Phi) is 4.83. The number of aliphatic hydroxyl groups excluding tert-OH is 1. The van der Waals surface area contributed by atoms with Crippen molar-refractivity contribution < 1.29 is 19.4 Å². The van der Waals surface area contributed by atoms with Crippen molar-refractivity contribution in [3.05, 3.63) is 29.8 Å². The molecular formula is C20H24N2O4S. The summed E-state index contributed by atoms with van der Waals surface area (Å²) in [6.07, 6.45) is 1.95. The van der Waals surface area contributed by atoms with E-state index in [4.69, 9.17) is 9.47 Å². The van der Waals surface area contributed by atoms with Crippen LogP contribution in [0.5, 0.6) is 5.75 Å². The lowest BCUT2D eigenvalue weighted by Gasteiger charge is -2.45. The van der Waals surface area contributed by atoms with Gasteiger partial charge in [-0.25, -0.2) is 0 Å². The number of carbonyl (C=O) groups excluding carboxylic acids is 1. The Morgan fingerprint density at radius 3 is 2.74 bits per heavy atom. The number of carbonyl (C=O) groups is 1. The lowest BCUT2D eigenvalue weighted by Crippen LogP contribution is -2.61. The fourth-order valence-electron chi connectivity index (χ4n) is 4.04. The van der Waals surface area contributed by atoms with Gasteiger partial charge in [-0.2, -0.15) is 5.26 Å². The van der Waals surface area contributed by atoms with Crippen LogP contribution in [0.1, 0.15) is 44.8 Å². The molecule has 0 radical (unpaired) electrons. The molecule has 3 fully saturated rings. The van der Waals surface area contributed by atoms with E-state index in [0.717, 1.165) is 25.9 Å². The molecule has 3 aliphatic rings. The number of nitrogens with zero attached hydrogens (tertiary/aromatic N) is 2. The van der Waals surface area contributed by atoms with E-state index >= 15 is 0 Å². The third-order valence-electron chi connectivity index (χ3n) is 5.57. The predicted molar refractivity (Wildman–Crippen MR) is 101 cm³/mol. The molecule has 144 valence electrons. The van der Waals surface area contributed by atoms with Gasteiger partial charge in [-0.1, -0.05) is 12.1 Å². The number of fused-ring (bicyclic) bond motifs is 1. The van der Waals surface area contributed by atoms with Crippen LogP contribution < -0.4 is 4.74 Å². The molecule has 7 heteroatoms. The topological polar surface area (TPSA) is 82.8 Å². The fraction of sp³-hybridized carbons (Fsp3) is 0.600. The van der Waals surface area contributed by atoms with Gasteiger partial charge in [0.05, 0.1) is 30.1 Å². The van der Waals surface area contributed by atoms with E-state index in [1.54, 1.807) is 40.9 Å². The third-order valence-corrected chi connectivity index (χ3v) is 7.16. The standard InChI is InChI=1S/C20H24N2O4S/c1-20(2)14(11-21)22-18(24)16(19(22)27-20)17(23)12-6-8-13(9-7-12)26-15-5-3-4-10-25-15/h6-9,14-17,19,23H,3-5,10H2,1-2H3. The molecule has 3 aliphatic heterocycles. The maximum atomic E-state index is 12.6. The zero-order chi connectivity index (χ0) is 19.2. The Morgan fingerprint density at radius 1 is 1.37 bits per heavy atom. The van der Waals surface area contributed by atoms with Crippen molar-refractivity contribution in [2.24, 2.45) is 5.92 Å². The van der Waals surface area contributed by atoms with Crippen molar-refractivity contribution in [1.29, 1.82) is 5.26 Å². The van der Waals surface area contributed by atoms with E-state index in [-0.39, 0.29) is 22.3 Å². The lowest BCUT2D eigenvalue weighted by molar-refractivity contribution is -0.159. The summed E-state index contributed by atoms with van der Waals surface area (Å²) in [6, 6.07) is 8.99. The van der Waals surface area contributed by atoms with Crippen LogP contribution in [0, 0.1) is 17.2 Å². The molecule has 3 saturated heterocycles. The van der Waals surface area contributed by atoms with E-state index in [2.05, 4.69) is 6.07 Å². The van der Waals surface area contributed by atoms with Crippen molar-refractivity contribution in [2.75, 3.05) is 6.61 Å². The minimum absolute atomic E-state index is 0.145. The maximum Gasteiger partial charge on any atom is 0.233 e. The average molecular weight is 388 g/mol. The Labute approximate surface area is 163 Å². The molecule has 0 spiro atoms. The van der Waals surface area contributed by atoms with Gasteiger partial charge >= 0.3 is 0 Å². The molecule has 0 aromatic heterocycles. The molecule has 1 aromatic carbocycles. The summed E-state index contributed by atoms with van der Waals surface area (Å²) in [5.41, 5.74) is 0.684. The Balaban J connectivity index is 1.44. The minimum atomic E-state index is -0.889. The quantitative estimate of drug-likeness (QED) is 0.799. The van der Waals surface area contributed by atoms with E-state index in [1.807, 2.05) is 13.8 Å². The van der Waals surface area contributed by atoms with Crippen LogP contribution in [0.15, 0.2) is 24.3 Å². The summed E-state index contributed by atoms with van der Waals surface area (Å²) in [5, 5.41) is 20.0. The number of rotatable bonds is 4. The summed E-state index contributed by atoms with van der Waals surface area (Å²) in [6.45, 7) is 4.67. The second-order valence-electron chi connectivity index (χ2n) is 7.84. The number of ether oxygens (including phenoxy) is 2. The van der Waals surface area contributed by atoms with Crippen LogP contribution in [-0.2, 0) is 9.53 Å². The molecule has 0 aliphatic carbocycles. The van der Waals surface area contributed by atoms with Crippen LogP contribution in [0.3, 0.4) is 0 Å². The second kappa shape index (κ2) is 7.01. The number of thioether (sulfide) groups is 1. The molecule has 5 unspecified atom stereocenters. The molecule has 0 bridgehead atoms. The van der Waals surface area contributed by atoms with Crippen molar-refractivity contribution in [3.63, 3.8) is 0 Å². The lowest BCUT2D eigenvalue weighted by atomic mass is 9.85. The van der Waals surface area contributed by atoms with E-state index < -0.39 is 18.1 Å². The number of benzene rings is 1. The van der Waals surface area contributed by atoms with Gasteiger partial charge in [0, 0.05) is 11.2 Å². The number of hydrogen-bond donors (Lipinski definition) is 1. The first-order valence-corrected chi connectivity index (χ1v) is 10.3. The normalized spacial score (nSPS) is 33.0. The summed E-state index contributed by atoms with van der Waals surface area (Å²) < 4.78 is 11.1. The predicted octanol–water partition coefficient (Wildman–Crippen LogP) is 2.83. The van der Waals surface area contributed by atoms with Crippen LogP contribution in [0.25, 0.3) is 0 Å². The van der Waals surface area contributed by atoms with E-state index in [1.165, 1.54) is 0 Å². The van der Waals surface area contributed by atoms with Crippen LogP contribution in [-0.4, -0.2) is 45.0 Å². The summed E-state index contributed by atoms with van der Waals surface area (Å²) >= 11 is 1.59. The van der Waals surface area contributed by atoms with Crippen molar-refractivity contribution in [3.8, 4) is 11.8 Å². The number of β-lactam (4-membered cyclic amide) rings is 1. The summed E-state index contributed by atoms with van der Waals surface area (Å²) in [4.78, 5) is 14.2. The Bertz CT molecular complexity index is 754. The molecule has 4 rings (SSSR count). The number of aliphatic hydroxyl groups is 1. The highest BCUT2D eigenvalue weighted by Gasteiger charge is 2.63. The molecule has 5 atom stereocenters. The first kappa shape index (κ1) is 18.6. The number of nitriles is 1. The fourth-order valence-corrected chi connectivity index (χ4v) is 5.71. The number of hydrogen-bond acceptors (Lipinski definition) is 6. The van der Waals surface area contributed by atoms with Gasteiger partial charge in [0.25, 0.3) is 0 Å². The maximum absolute atomic E-state index is 12.6. The van der Waals surface area contributed by atoms with Gasteiger partial charge in [-0.3, -0.25) is 4.79 Å². The van der Waals surface area contributed by atoms with Crippen molar-refractivity contribution in [1.82, 2.24) is 4.90 Å². The van der Waals surface area contributed by atoms with E-state index in [0.29, 0.717) is 11.3 Å². The zero-order valence-corrected chi connectivity index (χ0v) is 16.3. The molecule has 1 aromatic rings. The smallest absolute Gasteiger partial charge is 0.233 e. The van der Waals surface area contributed by atoms with Crippen LogP contribution in [0.2, 0.25) is 0 Å². The first-order valence-electron chi connectivity index (χ1n) is 9.38. The van der Waals surface area contributed by atoms with Crippen molar-refractivity contribution in [2.45, 2.75) is 61.7 Å². The van der Waals surface area contributed by atoms with Crippen LogP contribution >= 0.6 is 11.8 Å². The van der Waals surface area contributed by atoms with Gasteiger partial charge in [0.2, 0.25) is 5.91 Å². The second-order valence-corrected chi connectivity index (χ2v) is 9.61.